The zero-order valence-electron chi connectivity index (χ0n) is 10.3. The van der Waals surface area contributed by atoms with E-state index in [1.54, 1.807) is 0 Å². The molecular weight excluding hydrogens is 200 g/mol. The predicted molar refractivity (Wildman–Crippen MR) is 65.9 cm³/mol. The van der Waals surface area contributed by atoms with E-state index in [2.05, 4.69) is 26.8 Å². The van der Waals surface area contributed by atoms with Crippen LogP contribution >= 0.6 is 0 Å². The number of benzene rings is 1. The number of aliphatic hydroxyl groups excluding tert-OH is 1. The van der Waals surface area contributed by atoms with Crippen molar-refractivity contribution in [3.8, 4) is 0 Å². The highest BCUT2D eigenvalue weighted by molar-refractivity contribution is 5.75. The molecule has 1 aromatic rings. The normalized spacial score (nSPS) is 11.5. The van der Waals surface area contributed by atoms with Gasteiger partial charge in [0.1, 0.15) is 6.29 Å². The summed E-state index contributed by atoms with van der Waals surface area (Å²) in [5.41, 5.74) is 3.07. The lowest BCUT2D eigenvalue weighted by atomic mass is 9.84. The number of hydrogen-bond donors (Lipinski definition) is 1. The SMILES string of the molecule is CC(C)(C)c1cc(C=O)cc(CCCO)c1. The lowest BCUT2D eigenvalue weighted by Crippen LogP contribution is -2.12. The molecule has 2 heteroatoms. The van der Waals surface area contributed by atoms with E-state index < -0.39 is 0 Å². The molecule has 0 saturated heterocycles. The van der Waals surface area contributed by atoms with Crippen LogP contribution in [-0.4, -0.2) is 18.0 Å². The van der Waals surface area contributed by atoms with E-state index in [9.17, 15) is 4.79 Å². The minimum Gasteiger partial charge on any atom is -0.396 e. The van der Waals surface area contributed by atoms with Gasteiger partial charge in [0.25, 0.3) is 0 Å². The van der Waals surface area contributed by atoms with Crippen LogP contribution in [0, 0.1) is 0 Å². The Morgan fingerprint density at radius 1 is 1.25 bits per heavy atom. The number of aldehydes is 1. The van der Waals surface area contributed by atoms with Gasteiger partial charge in [0.05, 0.1) is 0 Å². The number of hydrogen-bond acceptors (Lipinski definition) is 2. The van der Waals surface area contributed by atoms with E-state index in [1.165, 1.54) is 5.56 Å². The van der Waals surface area contributed by atoms with Gasteiger partial charge in [-0.15, -0.1) is 0 Å². The molecule has 1 N–H and O–H groups in total. The lowest BCUT2D eigenvalue weighted by Gasteiger charge is -2.20. The quantitative estimate of drug-likeness (QED) is 0.792. The molecule has 0 aliphatic rings. The summed E-state index contributed by atoms with van der Waals surface area (Å²) < 4.78 is 0. The average molecular weight is 220 g/mol. The van der Waals surface area contributed by atoms with Crippen molar-refractivity contribution in [1.82, 2.24) is 0 Å². The molecule has 0 atom stereocenters. The van der Waals surface area contributed by atoms with E-state index in [1.807, 2.05) is 12.1 Å². The Morgan fingerprint density at radius 2 is 1.94 bits per heavy atom. The van der Waals surface area contributed by atoms with Crippen molar-refractivity contribution >= 4 is 6.29 Å². The molecule has 0 saturated carbocycles. The van der Waals surface area contributed by atoms with Gasteiger partial charge < -0.3 is 5.11 Å². The van der Waals surface area contributed by atoms with Crippen LogP contribution in [0.3, 0.4) is 0 Å². The molecule has 2 nitrogen and oxygen atoms in total. The fourth-order valence-corrected chi connectivity index (χ4v) is 1.65. The zero-order valence-corrected chi connectivity index (χ0v) is 10.3. The summed E-state index contributed by atoms with van der Waals surface area (Å²) >= 11 is 0. The Bertz CT molecular complexity index is 361. The van der Waals surface area contributed by atoms with Gasteiger partial charge in [0, 0.05) is 12.2 Å². The highest BCUT2D eigenvalue weighted by Crippen LogP contribution is 2.24. The molecule has 0 aliphatic heterocycles. The van der Waals surface area contributed by atoms with E-state index in [-0.39, 0.29) is 12.0 Å². The fraction of sp³-hybridized carbons (Fsp3) is 0.500. The number of aryl methyl sites for hydroxylation is 1. The second-order valence-electron chi connectivity index (χ2n) is 5.16. The molecule has 1 aromatic carbocycles. The third kappa shape index (κ3) is 3.46. The molecule has 0 heterocycles. The van der Waals surface area contributed by atoms with Crippen molar-refractivity contribution in [2.75, 3.05) is 6.61 Å². The molecule has 0 aliphatic carbocycles. The number of carbonyl (C=O) groups excluding carboxylic acids is 1. The Hall–Kier alpha value is -1.15. The number of carbonyl (C=O) groups is 1. The molecule has 0 spiro atoms. The first-order valence-electron chi connectivity index (χ1n) is 5.68. The lowest BCUT2D eigenvalue weighted by molar-refractivity contribution is 0.112. The molecule has 0 fully saturated rings. The van der Waals surface area contributed by atoms with E-state index in [0.717, 1.165) is 30.3 Å². The summed E-state index contributed by atoms with van der Waals surface area (Å²) in [4.78, 5) is 10.9. The Labute approximate surface area is 97.3 Å². The summed E-state index contributed by atoms with van der Waals surface area (Å²) in [5.74, 6) is 0. The van der Waals surface area contributed by atoms with E-state index in [4.69, 9.17) is 5.11 Å². The third-order valence-corrected chi connectivity index (χ3v) is 2.64. The summed E-state index contributed by atoms with van der Waals surface area (Å²) in [6, 6.07) is 5.97. The molecule has 16 heavy (non-hydrogen) atoms. The van der Waals surface area contributed by atoms with Crippen LogP contribution in [0.25, 0.3) is 0 Å². The highest BCUT2D eigenvalue weighted by Gasteiger charge is 2.15. The van der Waals surface area contributed by atoms with Gasteiger partial charge >= 0.3 is 0 Å². The standard InChI is InChI=1S/C14H20O2/c1-14(2,3)13-8-11(5-4-6-15)7-12(9-13)10-16/h7-10,15H,4-6H2,1-3H3. The maximum absolute atomic E-state index is 10.9. The van der Waals surface area contributed by atoms with Crippen LogP contribution in [0.4, 0.5) is 0 Å². The van der Waals surface area contributed by atoms with Gasteiger partial charge in [0.15, 0.2) is 0 Å². The molecule has 1 rings (SSSR count). The van der Waals surface area contributed by atoms with Crippen LogP contribution in [0.1, 0.15) is 48.7 Å². The van der Waals surface area contributed by atoms with Gasteiger partial charge in [-0.3, -0.25) is 4.79 Å². The van der Waals surface area contributed by atoms with Crippen LogP contribution in [-0.2, 0) is 11.8 Å². The van der Waals surface area contributed by atoms with Gasteiger partial charge in [-0.2, -0.15) is 0 Å². The minimum absolute atomic E-state index is 0.0486. The largest absolute Gasteiger partial charge is 0.396 e. The van der Waals surface area contributed by atoms with Crippen LogP contribution in [0.2, 0.25) is 0 Å². The van der Waals surface area contributed by atoms with Crippen molar-refractivity contribution in [1.29, 1.82) is 0 Å². The molecule has 0 aromatic heterocycles. The second kappa shape index (κ2) is 5.26. The maximum atomic E-state index is 10.9. The summed E-state index contributed by atoms with van der Waals surface area (Å²) in [6.45, 7) is 6.59. The maximum Gasteiger partial charge on any atom is 0.150 e. The summed E-state index contributed by atoms with van der Waals surface area (Å²) in [6.07, 6.45) is 2.45. The first kappa shape index (κ1) is 12.9. The van der Waals surface area contributed by atoms with Gasteiger partial charge in [-0.05, 0) is 41.5 Å². The Balaban J connectivity index is 3.06. The first-order chi connectivity index (χ1) is 7.47. The molecule has 0 radical (unpaired) electrons. The highest BCUT2D eigenvalue weighted by atomic mass is 16.2. The van der Waals surface area contributed by atoms with E-state index >= 15 is 0 Å². The summed E-state index contributed by atoms with van der Waals surface area (Å²) in [5, 5.41) is 8.81. The zero-order chi connectivity index (χ0) is 12.2. The van der Waals surface area contributed by atoms with Crippen molar-refractivity contribution in [3.63, 3.8) is 0 Å². The van der Waals surface area contributed by atoms with Crippen LogP contribution in [0.15, 0.2) is 18.2 Å². The van der Waals surface area contributed by atoms with E-state index in [0.29, 0.717) is 0 Å². The van der Waals surface area contributed by atoms with Crippen molar-refractivity contribution < 1.29 is 9.90 Å². The van der Waals surface area contributed by atoms with Gasteiger partial charge in [-0.25, -0.2) is 0 Å². The van der Waals surface area contributed by atoms with Crippen LogP contribution in [0.5, 0.6) is 0 Å². The molecule has 0 bridgehead atoms. The van der Waals surface area contributed by atoms with Crippen molar-refractivity contribution in [2.45, 2.75) is 39.0 Å². The smallest absolute Gasteiger partial charge is 0.150 e. The van der Waals surface area contributed by atoms with Crippen molar-refractivity contribution in [3.05, 3.63) is 34.9 Å². The number of rotatable bonds is 4. The summed E-state index contributed by atoms with van der Waals surface area (Å²) in [7, 11) is 0. The average Bonchev–Trinajstić information content (AvgIpc) is 2.24. The van der Waals surface area contributed by atoms with Crippen LogP contribution < -0.4 is 0 Å². The number of aliphatic hydroxyl groups is 1. The molecule has 88 valence electrons. The Kier molecular flexibility index (Phi) is 4.25. The topological polar surface area (TPSA) is 37.3 Å². The second-order valence-corrected chi connectivity index (χ2v) is 5.16. The molecular formula is C14H20O2. The van der Waals surface area contributed by atoms with Gasteiger partial charge in [0.2, 0.25) is 0 Å². The Morgan fingerprint density at radius 3 is 2.44 bits per heavy atom. The monoisotopic (exact) mass is 220 g/mol. The van der Waals surface area contributed by atoms with Crippen molar-refractivity contribution in [2.24, 2.45) is 0 Å². The fourth-order valence-electron chi connectivity index (χ4n) is 1.65. The minimum atomic E-state index is 0.0486. The third-order valence-electron chi connectivity index (χ3n) is 2.64. The predicted octanol–water partition coefficient (Wildman–Crippen LogP) is 2.72. The molecule has 0 amide bonds. The van der Waals surface area contributed by atoms with Gasteiger partial charge in [-0.1, -0.05) is 26.8 Å². The first-order valence-corrected chi connectivity index (χ1v) is 5.68. The molecule has 0 unspecified atom stereocenters.